The number of para-hydroxylation sites is 2. The highest BCUT2D eigenvalue weighted by Gasteiger charge is 2.22. The van der Waals surface area contributed by atoms with Gasteiger partial charge in [-0.05, 0) is 59.7 Å². The second kappa shape index (κ2) is 13.2. The largest absolute Gasteiger partial charge is 0.481 e. The maximum Gasteiger partial charge on any atom is 0.305 e. The zero-order valence-electron chi connectivity index (χ0n) is 22.6. The predicted molar refractivity (Wildman–Crippen MR) is 162 cm³/mol. The van der Waals surface area contributed by atoms with Crippen molar-refractivity contribution in [2.24, 2.45) is 0 Å². The van der Waals surface area contributed by atoms with Gasteiger partial charge in [0, 0.05) is 22.3 Å². The van der Waals surface area contributed by atoms with Gasteiger partial charge in [0.25, 0.3) is 5.91 Å². The maximum atomic E-state index is 13.8. The van der Waals surface area contributed by atoms with Gasteiger partial charge in [0.2, 0.25) is 0 Å². The van der Waals surface area contributed by atoms with Gasteiger partial charge in [-0.15, -0.1) is 0 Å². The zero-order valence-corrected chi connectivity index (χ0v) is 23.3. The van der Waals surface area contributed by atoms with E-state index in [-0.39, 0.29) is 28.4 Å². The second-order valence-electron chi connectivity index (χ2n) is 9.60. The fraction of sp³-hybridized carbons (Fsp3) is 0.0588. The fourth-order valence-corrected chi connectivity index (χ4v) is 4.68. The number of rotatable bonds is 10. The van der Waals surface area contributed by atoms with Crippen LogP contribution in [-0.2, 0) is 4.79 Å². The van der Waals surface area contributed by atoms with E-state index in [2.05, 4.69) is 10.6 Å². The van der Waals surface area contributed by atoms with Crippen LogP contribution in [0.15, 0.2) is 115 Å². The molecule has 0 radical (unpaired) electrons. The van der Waals surface area contributed by atoms with Gasteiger partial charge in [-0.1, -0.05) is 72.3 Å². The molecule has 5 aromatic carbocycles. The minimum absolute atomic E-state index is 0.0937. The summed E-state index contributed by atoms with van der Waals surface area (Å²) in [5.41, 5.74) is 2.82. The Morgan fingerprint density at radius 2 is 1.53 bits per heavy atom. The Labute approximate surface area is 251 Å². The first-order chi connectivity index (χ1) is 20.8. The van der Waals surface area contributed by atoms with Crippen molar-refractivity contribution in [2.75, 3.05) is 5.32 Å². The summed E-state index contributed by atoms with van der Waals surface area (Å²) in [7, 11) is 0. The van der Waals surface area contributed by atoms with Crippen molar-refractivity contribution in [3.05, 3.63) is 143 Å². The molecule has 0 aliphatic carbocycles. The molecule has 0 heterocycles. The smallest absolute Gasteiger partial charge is 0.305 e. The Kier molecular flexibility index (Phi) is 8.98. The summed E-state index contributed by atoms with van der Waals surface area (Å²) >= 11 is 6.17. The number of nitrogens with one attached hydrogen (secondary N) is 2. The molecule has 1 atom stereocenters. The highest BCUT2D eigenvalue weighted by Crippen LogP contribution is 2.34. The highest BCUT2D eigenvalue weighted by molar-refractivity contribution is 6.31. The number of amides is 1. The van der Waals surface area contributed by atoms with Crippen molar-refractivity contribution in [1.82, 2.24) is 5.32 Å². The summed E-state index contributed by atoms with van der Waals surface area (Å²) in [5, 5.41) is 15.6. The molecule has 1 unspecified atom stereocenters. The van der Waals surface area contributed by atoms with E-state index in [9.17, 15) is 23.5 Å². The molecule has 0 aromatic heterocycles. The number of carbonyl (C=O) groups is 2. The summed E-state index contributed by atoms with van der Waals surface area (Å²) in [5.74, 6) is -2.43. The first kappa shape index (κ1) is 29.3. The number of carbonyl (C=O) groups excluding carboxylic acids is 1. The van der Waals surface area contributed by atoms with Gasteiger partial charge in [-0.25, -0.2) is 8.78 Å². The lowest BCUT2D eigenvalue weighted by atomic mass is 9.98. The highest BCUT2D eigenvalue weighted by atomic mass is 35.5. The van der Waals surface area contributed by atoms with E-state index in [1.165, 1.54) is 24.3 Å². The molecular weight excluding hydrogens is 574 g/mol. The molecule has 0 saturated heterocycles. The first-order valence-electron chi connectivity index (χ1n) is 13.2. The number of hydrogen-bond acceptors (Lipinski definition) is 4. The summed E-state index contributed by atoms with van der Waals surface area (Å²) in [6, 6.07) is 30.9. The predicted octanol–water partition coefficient (Wildman–Crippen LogP) is 8.77. The Morgan fingerprint density at radius 1 is 0.814 bits per heavy atom. The van der Waals surface area contributed by atoms with E-state index in [0.717, 1.165) is 23.3 Å². The molecular formula is C34H25ClF2N2O4. The number of halogens is 3. The van der Waals surface area contributed by atoms with Crippen LogP contribution >= 0.6 is 11.6 Å². The number of carboxylic acid groups (broad SMARTS) is 1. The van der Waals surface area contributed by atoms with E-state index < -0.39 is 29.6 Å². The van der Waals surface area contributed by atoms with Crippen LogP contribution in [0.3, 0.4) is 0 Å². The quantitative estimate of drug-likeness (QED) is 0.150. The van der Waals surface area contributed by atoms with Crippen molar-refractivity contribution in [2.45, 2.75) is 12.5 Å². The molecule has 216 valence electrons. The average Bonchev–Trinajstić information content (AvgIpc) is 3.00. The molecule has 0 fully saturated rings. The lowest BCUT2D eigenvalue weighted by Crippen LogP contribution is -2.30. The molecule has 0 spiro atoms. The van der Waals surface area contributed by atoms with E-state index in [0.29, 0.717) is 17.1 Å². The molecule has 6 nitrogen and oxygen atoms in total. The van der Waals surface area contributed by atoms with E-state index in [4.69, 9.17) is 16.3 Å². The maximum absolute atomic E-state index is 13.8. The van der Waals surface area contributed by atoms with E-state index >= 15 is 0 Å². The molecule has 0 bridgehead atoms. The van der Waals surface area contributed by atoms with Crippen LogP contribution in [0, 0.1) is 11.6 Å². The van der Waals surface area contributed by atoms with Gasteiger partial charge in [-0.2, -0.15) is 0 Å². The Balaban J connectivity index is 1.39. The third-order valence-electron chi connectivity index (χ3n) is 6.59. The fourth-order valence-electron chi connectivity index (χ4n) is 4.51. The van der Waals surface area contributed by atoms with Crippen molar-refractivity contribution < 1.29 is 28.2 Å². The molecule has 0 saturated carbocycles. The van der Waals surface area contributed by atoms with E-state index in [1.54, 1.807) is 12.1 Å². The molecule has 0 aliphatic rings. The number of anilines is 2. The minimum atomic E-state index is -1.11. The summed E-state index contributed by atoms with van der Waals surface area (Å²) < 4.78 is 33.2. The summed E-state index contributed by atoms with van der Waals surface area (Å²) in [4.78, 5) is 25.2. The van der Waals surface area contributed by atoms with Gasteiger partial charge in [0.15, 0.2) is 11.6 Å². The minimum Gasteiger partial charge on any atom is -0.481 e. The standard InChI is InChI=1S/C34H25ClF2N2O4/c35-23-14-17-30(38-24-15-16-28(36)29(37)19-24)27(18-23)34(42)39-31(20-33(40)41)22-12-10-21(11-13-22)26-8-4-5-9-32(26)43-25-6-2-1-3-7-25/h1-19,31,38H,20H2,(H,39,42)(H,40,41). The third kappa shape index (κ3) is 7.36. The van der Waals surface area contributed by atoms with Gasteiger partial charge in [-0.3, -0.25) is 9.59 Å². The SMILES string of the molecule is O=C(O)CC(NC(=O)c1cc(Cl)ccc1Nc1ccc(F)c(F)c1)c1ccc(-c2ccccc2Oc2ccccc2)cc1. The Bertz CT molecular complexity index is 1770. The average molecular weight is 599 g/mol. The van der Waals surface area contributed by atoms with Crippen molar-refractivity contribution in [3.8, 4) is 22.6 Å². The van der Waals surface area contributed by atoms with Crippen LogP contribution < -0.4 is 15.4 Å². The van der Waals surface area contributed by atoms with Gasteiger partial charge < -0.3 is 20.5 Å². The lowest BCUT2D eigenvalue weighted by Gasteiger charge is -2.20. The first-order valence-corrected chi connectivity index (χ1v) is 13.6. The number of ether oxygens (including phenoxy) is 1. The van der Waals surface area contributed by atoms with Crippen molar-refractivity contribution >= 4 is 34.9 Å². The number of hydrogen-bond donors (Lipinski definition) is 3. The molecule has 3 N–H and O–H groups in total. The third-order valence-corrected chi connectivity index (χ3v) is 6.83. The van der Waals surface area contributed by atoms with Crippen LogP contribution in [0.2, 0.25) is 5.02 Å². The number of aliphatic carboxylic acids is 1. The van der Waals surface area contributed by atoms with E-state index in [1.807, 2.05) is 66.7 Å². The lowest BCUT2D eigenvalue weighted by molar-refractivity contribution is -0.137. The monoisotopic (exact) mass is 598 g/mol. The van der Waals surface area contributed by atoms with Crippen LogP contribution in [0.4, 0.5) is 20.2 Å². The van der Waals surface area contributed by atoms with Crippen LogP contribution in [0.1, 0.15) is 28.4 Å². The molecule has 43 heavy (non-hydrogen) atoms. The number of carboxylic acids is 1. The Hall–Kier alpha value is -5.21. The second-order valence-corrected chi connectivity index (χ2v) is 10.0. The van der Waals surface area contributed by atoms with Crippen molar-refractivity contribution in [3.63, 3.8) is 0 Å². The molecule has 5 aromatic rings. The molecule has 0 aliphatic heterocycles. The zero-order chi connectivity index (χ0) is 30.3. The topological polar surface area (TPSA) is 87.7 Å². The molecule has 9 heteroatoms. The normalized spacial score (nSPS) is 11.4. The summed E-state index contributed by atoms with van der Waals surface area (Å²) in [6.45, 7) is 0. The molecule has 5 rings (SSSR count). The van der Waals surface area contributed by atoms with Crippen LogP contribution in [0.5, 0.6) is 11.5 Å². The van der Waals surface area contributed by atoms with Gasteiger partial charge in [0.1, 0.15) is 11.5 Å². The van der Waals surface area contributed by atoms with Gasteiger partial charge in [0.05, 0.1) is 23.7 Å². The number of benzene rings is 5. The Morgan fingerprint density at radius 3 is 2.26 bits per heavy atom. The molecule has 1 amide bonds. The van der Waals surface area contributed by atoms with Crippen molar-refractivity contribution in [1.29, 1.82) is 0 Å². The van der Waals surface area contributed by atoms with Gasteiger partial charge >= 0.3 is 5.97 Å². The van der Waals surface area contributed by atoms with Crippen LogP contribution in [0.25, 0.3) is 11.1 Å². The summed E-state index contributed by atoms with van der Waals surface area (Å²) in [6.07, 6.45) is -0.384. The van der Waals surface area contributed by atoms with Crippen LogP contribution in [-0.4, -0.2) is 17.0 Å².